The van der Waals surface area contributed by atoms with Crippen LogP contribution in [-0.2, 0) is 22.4 Å². The quantitative estimate of drug-likeness (QED) is 0.829. The number of rotatable bonds is 3. The molecular formula is C16H22N2O4S. The number of aryl methyl sites for hydroxylation is 1. The average molecular weight is 338 g/mol. The van der Waals surface area contributed by atoms with E-state index in [0.29, 0.717) is 10.6 Å². The lowest BCUT2D eigenvalue weighted by Gasteiger charge is -2.10. The Kier molecular flexibility index (Phi) is 5.76. The fraction of sp³-hybridized carbons (Fsp3) is 0.562. The van der Waals surface area contributed by atoms with Gasteiger partial charge in [-0.2, -0.15) is 0 Å². The van der Waals surface area contributed by atoms with Gasteiger partial charge in [-0.25, -0.2) is 4.79 Å². The first-order chi connectivity index (χ1) is 10.9. The number of amides is 3. The van der Waals surface area contributed by atoms with E-state index in [2.05, 4.69) is 15.4 Å². The number of carbonyl (C=O) groups is 3. The third kappa shape index (κ3) is 4.10. The molecule has 1 aliphatic carbocycles. The summed E-state index contributed by atoms with van der Waals surface area (Å²) in [4.78, 5) is 37.0. The lowest BCUT2D eigenvalue weighted by molar-refractivity contribution is -0.118. The van der Waals surface area contributed by atoms with Crippen molar-refractivity contribution in [3.8, 4) is 0 Å². The van der Waals surface area contributed by atoms with Gasteiger partial charge in [-0.05, 0) is 31.2 Å². The number of ether oxygens (including phenoxy) is 1. The van der Waals surface area contributed by atoms with Gasteiger partial charge in [0.05, 0.1) is 12.7 Å². The van der Waals surface area contributed by atoms with E-state index in [-0.39, 0.29) is 11.8 Å². The molecule has 0 atom stereocenters. The van der Waals surface area contributed by atoms with Crippen LogP contribution < -0.4 is 10.6 Å². The van der Waals surface area contributed by atoms with Gasteiger partial charge >= 0.3 is 6.09 Å². The minimum absolute atomic E-state index is 0.145. The van der Waals surface area contributed by atoms with Crippen LogP contribution in [0.15, 0.2) is 0 Å². The summed E-state index contributed by atoms with van der Waals surface area (Å²) in [7, 11) is 1.21. The highest BCUT2D eigenvalue weighted by Crippen LogP contribution is 2.37. The number of anilines is 1. The smallest absolute Gasteiger partial charge is 0.413 e. The standard InChI is InChI=1S/C16H22N2O4S/c1-9(2)13(19)17-15-12(14(20)18-16(21)22-3)10-7-5-4-6-8-11(10)23-15/h9H,4-8H2,1-3H3,(H,17,19)(H,18,20,21). The lowest BCUT2D eigenvalue weighted by atomic mass is 10.0. The number of hydrogen-bond donors (Lipinski definition) is 2. The van der Waals surface area contributed by atoms with Crippen molar-refractivity contribution in [2.75, 3.05) is 12.4 Å². The van der Waals surface area contributed by atoms with Gasteiger partial charge in [0.1, 0.15) is 5.00 Å². The molecule has 0 radical (unpaired) electrons. The highest BCUT2D eigenvalue weighted by Gasteiger charge is 2.27. The molecule has 1 heterocycles. The largest absolute Gasteiger partial charge is 0.453 e. The molecule has 6 nitrogen and oxygen atoms in total. The van der Waals surface area contributed by atoms with Crippen LogP contribution in [0.2, 0.25) is 0 Å². The molecule has 0 aromatic carbocycles. The fourth-order valence-corrected chi connectivity index (χ4v) is 3.82. The molecule has 1 aliphatic rings. The lowest BCUT2D eigenvalue weighted by Crippen LogP contribution is -2.31. The summed E-state index contributed by atoms with van der Waals surface area (Å²) in [5.74, 6) is -0.850. The Morgan fingerprint density at radius 2 is 1.83 bits per heavy atom. The maximum atomic E-state index is 12.5. The molecule has 0 bridgehead atoms. The summed E-state index contributed by atoms with van der Waals surface area (Å²) in [5, 5.41) is 5.55. The number of hydrogen-bond acceptors (Lipinski definition) is 5. The minimum atomic E-state index is -0.801. The zero-order chi connectivity index (χ0) is 17.0. The number of nitrogens with one attached hydrogen (secondary N) is 2. The van der Waals surface area contributed by atoms with Gasteiger partial charge in [-0.1, -0.05) is 20.3 Å². The Morgan fingerprint density at radius 1 is 1.13 bits per heavy atom. The Labute approximate surface area is 139 Å². The van der Waals surface area contributed by atoms with Crippen molar-refractivity contribution in [2.24, 2.45) is 5.92 Å². The van der Waals surface area contributed by atoms with Crippen LogP contribution >= 0.6 is 11.3 Å². The van der Waals surface area contributed by atoms with E-state index in [0.717, 1.165) is 42.5 Å². The number of thiophene rings is 1. The van der Waals surface area contributed by atoms with E-state index in [1.54, 1.807) is 13.8 Å². The second-order valence-electron chi connectivity index (χ2n) is 5.86. The number of fused-ring (bicyclic) bond motifs is 1. The molecule has 3 amide bonds. The first-order valence-electron chi connectivity index (χ1n) is 7.78. The SMILES string of the molecule is COC(=O)NC(=O)c1c(NC(=O)C(C)C)sc2c1CCCCC2. The van der Waals surface area contributed by atoms with Gasteiger partial charge in [0.25, 0.3) is 5.91 Å². The molecule has 1 aromatic heterocycles. The van der Waals surface area contributed by atoms with E-state index in [1.165, 1.54) is 18.4 Å². The zero-order valence-electron chi connectivity index (χ0n) is 13.7. The maximum Gasteiger partial charge on any atom is 0.413 e. The van der Waals surface area contributed by atoms with E-state index in [9.17, 15) is 14.4 Å². The van der Waals surface area contributed by atoms with E-state index < -0.39 is 12.0 Å². The first kappa shape index (κ1) is 17.5. The van der Waals surface area contributed by atoms with Crippen LogP contribution in [0.1, 0.15) is 53.9 Å². The van der Waals surface area contributed by atoms with Crippen LogP contribution in [-0.4, -0.2) is 25.0 Å². The normalized spacial score (nSPS) is 13.9. The molecule has 7 heteroatoms. The molecule has 0 unspecified atom stereocenters. The number of carbonyl (C=O) groups excluding carboxylic acids is 3. The Bertz CT molecular complexity index is 622. The molecule has 0 spiro atoms. The third-order valence-corrected chi connectivity index (χ3v) is 5.02. The van der Waals surface area contributed by atoms with Crippen molar-refractivity contribution in [3.63, 3.8) is 0 Å². The highest BCUT2D eigenvalue weighted by molar-refractivity contribution is 7.17. The maximum absolute atomic E-state index is 12.5. The number of methoxy groups -OCH3 is 1. The highest BCUT2D eigenvalue weighted by atomic mass is 32.1. The van der Waals surface area contributed by atoms with Crippen LogP contribution in [0, 0.1) is 5.92 Å². The minimum Gasteiger partial charge on any atom is -0.453 e. The monoisotopic (exact) mass is 338 g/mol. The third-order valence-electron chi connectivity index (χ3n) is 3.81. The molecule has 126 valence electrons. The predicted octanol–water partition coefficient (Wildman–Crippen LogP) is 3.11. The van der Waals surface area contributed by atoms with Gasteiger partial charge in [-0.3, -0.25) is 14.9 Å². The van der Waals surface area contributed by atoms with Crippen LogP contribution in [0.4, 0.5) is 9.80 Å². The molecule has 1 aromatic rings. The summed E-state index contributed by atoms with van der Waals surface area (Å²) in [5.41, 5.74) is 1.36. The molecule has 0 fully saturated rings. The Balaban J connectivity index is 2.38. The Hall–Kier alpha value is -1.89. The molecular weight excluding hydrogens is 316 g/mol. The van der Waals surface area contributed by atoms with Crippen molar-refractivity contribution in [2.45, 2.75) is 46.0 Å². The van der Waals surface area contributed by atoms with Crippen LogP contribution in [0.25, 0.3) is 0 Å². The molecule has 0 aliphatic heterocycles. The van der Waals surface area contributed by atoms with Gasteiger partial charge < -0.3 is 10.1 Å². The summed E-state index contributed by atoms with van der Waals surface area (Å²) < 4.78 is 4.49. The van der Waals surface area contributed by atoms with Crippen molar-refractivity contribution < 1.29 is 19.1 Å². The summed E-state index contributed by atoms with van der Waals surface area (Å²) in [6, 6.07) is 0. The molecule has 2 N–H and O–H groups in total. The molecule has 2 rings (SSSR count). The summed E-state index contributed by atoms with van der Waals surface area (Å²) in [6.45, 7) is 3.59. The van der Waals surface area contributed by atoms with Crippen molar-refractivity contribution in [1.29, 1.82) is 0 Å². The topological polar surface area (TPSA) is 84.5 Å². The van der Waals surface area contributed by atoms with Gasteiger partial charge in [0.15, 0.2) is 0 Å². The van der Waals surface area contributed by atoms with E-state index in [4.69, 9.17) is 0 Å². The molecule has 0 saturated carbocycles. The van der Waals surface area contributed by atoms with E-state index in [1.807, 2.05) is 0 Å². The van der Waals surface area contributed by atoms with Crippen molar-refractivity contribution in [3.05, 3.63) is 16.0 Å². The zero-order valence-corrected chi connectivity index (χ0v) is 14.5. The molecule has 0 saturated heterocycles. The van der Waals surface area contributed by atoms with Gasteiger partial charge in [0.2, 0.25) is 5.91 Å². The number of imide groups is 1. The molecule has 23 heavy (non-hydrogen) atoms. The fourth-order valence-electron chi connectivity index (χ4n) is 2.53. The van der Waals surface area contributed by atoms with Crippen molar-refractivity contribution >= 4 is 34.2 Å². The summed E-state index contributed by atoms with van der Waals surface area (Å²) >= 11 is 1.44. The second-order valence-corrected chi connectivity index (χ2v) is 6.96. The second kappa shape index (κ2) is 7.59. The van der Waals surface area contributed by atoms with Crippen molar-refractivity contribution in [1.82, 2.24) is 5.32 Å². The van der Waals surface area contributed by atoms with Gasteiger partial charge in [0, 0.05) is 10.8 Å². The van der Waals surface area contributed by atoms with Crippen LogP contribution in [0.5, 0.6) is 0 Å². The Morgan fingerprint density at radius 3 is 2.48 bits per heavy atom. The van der Waals surface area contributed by atoms with Crippen LogP contribution in [0.3, 0.4) is 0 Å². The van der Waals surface area contributed by atoms with Gasteiger partial charge in [-0.15, -0.1) is 11.3 Å². The first-order valence-corrected chi connectivity index (χ1v) is 8.60. The average Bonchev–Trinajstić information content (AvgIpc) is 2.68. The number of alkyl carbamates (subject to hydrolysis) is 1. The predicted molar refractivity (Wildman–Crippen MR) is 88.9 cm³/mol. The summed E-state index contributed by atoms with van der Waals surface area (Å²) in [6.07, 6.45) is 4.07. The van der Waals surface area contributed by atoms with E-state index >= 15 is 0 Å².